The number of nitrogens with two attached hydrogens (primary N) is 1. The molecule has 1 aliphatic rings. The lowest BCUT2D eigenvalue weighted by Crippen LogP contribution is -2.37. The molecular formula is C15H21N3O3. The average molecular weight is 291 g/mol. The Morgan fingerprint density at radius 1 is 1.19 bits per heavy atom. The van der Waals surface area contributed by atoms with Gasteiger partial charge in [0.2, 0.25) is 5.91 Å². The molecule has 2 rings (SSSR count). The van der Waals surface area contributed by atoms with E-state index in [2.05, 4.69) is 0 Å². The first-order valence-electron chi connectivity index (χ1n) is 7.11. The molecule has 1 amide bonds. The summed E-state index contributed by atoms with van der Waals surface area (Å²) in [5, 5.41) is 8.82. The first kappa shape index (κ1) is 15.3. The van der Waals surface area contributed by atoms with Crippen molar-refractivity contribution >= 4 is 17.6 Å². The Balaban J connectivity index is 1.89. The summed E-state index contributed by atoms with van der Waals surface area (Å²) < 4.78 is 0. The van der Waals surface area contributed by atoms with Crippen LogP contribution in [0.2, 0.25) is 0 Å². The summed E-state index contributed by atoms with van der Waals surface area (Å²) in [6.07, 6.45) is 1.14. The maximum absolute atomic E-state index is 12.3. The van der Waals surface area contributed by atoms with Gasteiger partial charge < -0.3 is 15.7 Å². The molecule has 0 unspecified atom stereocenters. The zero-order chi connectivity index (χ0) is 15.2. The quantitative estimate of drug-likeness (QED) is 0.786. The predicted octanol–water partition coefficient (Wildman–Crippen LogP) is 0.430. The fraction of sp³-hybridized carbons (Fsp3) is 0.467. The van der Waals surface area contributed by atoms with Crippen molar-refractivity contribution in [2.75, 3.05) is 38.5 Å². The molecule has 21 heavy (non-hydrogen) atoms. The zero-order valence-corrected chi connectivity index (χ0v) is 12.0. The number of hydrogen-bond acceptors (Lipinski definition) is 4. The first-order chi connectivity index (χ1) is 10.0. The number of nitrogen functional groups attached to an aromatic ring is 1. The molecule has 3 N–H and O–H groups in total. The largest absolute Gasteiger partial charge is 0.480 e. The van der Waals surface area contributed by atoms with Crippen molar-refractivity contribution in [3.05, 3.63) is 29.8 Å². The number of nitrogens with zero attached hydrogens (tertiary/aromatic N) is 2. The summed E-state index contributed by atoms with van der Waals surface area (Å²) in [6, 6.07) is 7.34. The number of rotatable bonds is 4. The Hall–Kier alpha value is -2.08. The molecule has 0 aliphatic carbocycles. The molecule has 1 fully saturated rings. The first-order valence-corrected chi connectivity index (χ1v) is 7.11. The molecule has 6 heteroatoms. The minimum Gasteiger partial charge on any atom is -0.480 e. The van der Waals surface area contributed by atoms with E-state index in [4.69, 9.17) is 10.8 Å². The van der Waals surface area contributed by atoms with Crippen molar-refractivity contribution in [2.45, 2.75) is 12.8 Å². The fourth-order valence-corrected chi connectivity index (χ4v) is 2.56. The van der Waals surface area contributed by atoms with E-state index in [0.717, 1.165) is 12.0 Å². The molecular weight excluding hydrogens is 270 g/mol. The van der Waals surface area contributed by atoms with E-state index in [1.54, 1.807) is 6.07 Å². The van der Waals surface area contributed by atoms with E-state index in [-0.39, 0.29) is 12.5 Å². The number of carboxylic acids is 1. The summed E-state index contributed by atoms with van der Waals surface area (Å²) in [5.41, 5.74) is 7.28. The van der Waals surface area contributed by atoms with Gasteiger partial charge in [0.05, 0.1) is 13.0 Å². The van der Waals surface area contributed by atoms with Crippen molar-refractivity contribution in [1.82, 2.24) is 9.80 Å². The molecule has 0 saturated carbocycles. The number of anilines is 1. The van der Waals surface area contributed by atoms with Gasteiger partial charge in [-0.25, -0.2) is 0 Å². The number of amides is 1. The van der Waals surface area contributed by atoms with E-state index in [1.807, 2.05) is 28.0 Å². The summed E-state index contributed by atoms with van der Waals surface area (Å²) in [6.45, 7) is 2.62. The van der Waals surface area contributed by atoms with E-state index >= 15 is 0 Å². The van der Waals surface area contributed by atoms with Crippen LogP contribution in [0.5, 0.6) is 0 Å². The number of carboxylic acid groups (broad SMARTS) is 1. The lowest BCUT2D eigenvalue weighted by Gasteiger charge is -2.21. The monoisotopic (exact) mass is 291 g/mol. The Morgan fingerprint density at radius 3 is 2.71 bits per heavy atom. The lowest BCUT2D eigenvalue weighted by atomic mass is 10.1. The van der Waals surface area contributed by atoms with Crippen LogP contribution in [0.1, 0.15) is 12.0 Å². The third-order valence-corrected chi connectivity index (χ3v) is 3.61. The number of hydrogen-bond donors (Lipinski definition) is 2. The van der Waals surface area contributed by atoms with Gasteiger partial charge in [0.25, 0.3) is 0 Å². The smallest absolute Gasteiger partial charge is 0.317 e. The van der Waals surface area contributed by atoms with Crippen LogP contribution in [-0.2, 0) is 16.0 Å². The molecule has 6 nitrogen and oxygen atoms in total. The summed E-state index contributed by atoms with van der Waals surface area (Å²) in [4.78, 5) is 26.7. The summed E-state index contributed by atoms with van der Waals surface area (Å²) in [7, 11) is 0. The Bertz CT molecular complexity index is 519. The van der Waals surface area contributed by atoms with Crippen molar-refractivity contribution in [3.8, 4) is 0 Å². The van der Waals surface area contributed by atoms with Gasteiger partial charge in [-0.1, -0.05) is 12.1 Å². The van der Waals surface area contributed by atoms with Crippen LogP contribution in [0.3, 0.4) is 0 Å². The Kier molecular flexibility index (Phi) is 5.16. The lowest BCUT2D eigenvalue weighted by molar-refractivity contribution is -0.138. The van der Waals surface area contributed by atoms with Crippen LogP contribution in [0.4, 0.5) is 5.69 Å². The Morgan fingerprint density at radius 2 is 2.00 bits per heavy atom. The molecule has 1 aromatic rings. The predicted molar refractivity (Wildman–Crippen MR) is 79.8 cm³/mol. The molecule has 0 radical (unpaired) electrons. The highest BCUT2D eigenvalue weighted by Crippen LogP contribution is 2.10. The molecule has 0 atom stereocenters. The minimum absolute atomic E-state index is 0.0389. The highest BCUT2D eigenvalue weighted by atomic mass is 16.4. The molecule has 1 saturated heterocycles. The second-order valence-corrected chi connectivity index (χ2v) is 5.33. The third kappa shape index (κ3) is 4.75. The average Bonchev–Trinajstić information content (AvgIpc) is 2.63. The van der Waals surface area contributed by atoms with Crippen molar-refractivity contribution in [1.29, 1.82) is 0 Å². The standard InChI is InChI=1S/C15H21N3O3/c16-13-4-1-3-12(9-13)10-14(19)18-6-2-5-17(7-8-18)11-15(20)21/h1,3-4,9H,2,5-8,10-11,16H2,(H,20,21). The number of carbonyl (C=O) groups is 2. The van der Waals surface area contributed by atoms with Gasteiger partial charge in [-0.15, -0.1) is 0 Å². The van der Waals surface area contributed by atoms with Gasteiger partial charge in [0, 0.05) is 31.9 Å². The van der Waals surface area contributed by atoms with Crippen LogP contribution in [0.25, 0.3) is 0 Å². The van der Waals surface area contributed by atoms with E-state index in [0.29, 0.717) is 38.3 Å². The van der Waals surface area contributed by atoms with Gasteiger partial charge in [-0.3, -0.25) is 14.5 Å². The van der Waals surface area contributed by atoms with Crippen LogP contribution >= 0.6 is 0 Å². The second kappa shape index (κ2) is 7.08. The maximum Gasteiger partial charge on any atom is 0.317 e. The van der Waals surface area contributed by atoms with Crippen LogP contribution in [-0.4, -0.2) is 59.5 Å². The van der Waals surface area contributed by atoms with E-state index in [9.17, 15) is 9.59 Å². The number of aliphatic carboxylic acids is 1. The third-order valence-electron chi connectivity index (χ3n) is 3.61. The molecule has 0 bridgehead atoms. The van der Waals surface area contributed by atoms with Crippen molar-refractivity contribution in [3.63, 3.8) is 0 Å². The minimum atomic E-state index is -0.825. The molecule has 1 heterocycles. The topological polar surface area (TPSA) is 86.9 Å². The van der Waals surface area contributed by atoms with Gasteiger partial charge >= 0.3 is 5.97 Å². The highest BCUT2D eigenvalue weighted by molar-refractivity contribution is 5.79. The van der Waals surface area contributed by atoms with Gasteiger partial charge in [0.1, 0.15) is 0 Å². The molecule has 0 aromatic heterocycles. The second-order valence-electron chi connectivity index (χ2n) is 5.33. The number of carbonyl (C=O) groups excluding carboxylic acids is 1. The SMILES string of the molecule is Nc1cccc(CC(=O)N2CCCN(CC(=O)O)CC2)c1. The van der Waals surface area contributed by atoms with Crippen molar-refractivity contribution < 1.29 is 14.7 Å². The molecule has 1 aromatic carbocycles. The maximum atomic E-state index is 12.3. The normalized spacial score (nSPS) is 16.5. The summed E-state index contributed by atoms with van der Waals surface area (Å²) in [5.74, 6) is -0.757. The van der Waals surface area contributed by atoms with Crippen LogP contribution in [0, 0.1) is 0 Å². The molecule has 114 valence electrons. The van der Waals surface area contributed by atoms with E-state index < -0.39 is 5.97 Å². The van der Waals surface area contributed by atoms with Gasteiger partial charge in [0.15, 0.2) is 0 Å². The zero-order valence-electron chi connectivity index (χ0n) is 12.0. The summed E-state index contributed by atoms with van der Waals surface area (Å²) >= 11 is 0. The number of benzene rings is 1. The highest BCUT2D eigenvalue weighted by Gasteiger charge is 2.20. The van der Waals surface area contributed by atoms with Gasteiger partial charge in [-0.2, -0.15) is 0 Å². The van der Waals surface area contributed by atoms with Gasteiger partial charge in [-0.05, 0) is 24.1 Å². The van der Waals surface area contributed by atoms with Crippen LogP contribution < -0.4 is 5.73 Å². The van der Waals surface area contributed by atoms with Crippen molar-refractivity contribution in [2.24, 2.45) is 0 Å². The molecule has 1 aliphatic heterocycles. The Labute approximate surface area is 124 Å². The van der Waals surface area contributed by atoms with Crippen LogP contribution in [0.15, 0.2) is 24.3 Å². The van der Waals surface area contributed by atoms with E-state index in [1.165, 1.54) is 0 Å². The molecule has 0 spiro atoms. The fourth-order valence-electron chi connectivity index (χ4n) is 2.56.